The fourth-order valence-corrected chi connectivity index (χ4v) is 12.1. The van der Waals surface area contributed by atoms with Crippen LogP contribution in [0.3, 0.4) is 0 Å². The zero-order chi connectivity index (χ0) is 23.4. The van der Waals surface area contributed by atoms with E-state index >= 15 is 0 Å². The lowest BCUT2D eigenvalue weighted by Crippen LogP contribution is -2.77. The van der Waals surface area contributed by atoms with Gasteiger partial charge >= 0.3 is 0 Å². The predicted molar refractivity (Wildman–Crippen MR) is 152 cm³/mol. The first kappa shape index (κ1) is 20.5. The fraction of sp³-hybridized carbons (Fsp3) is 0.0909. The first-order chi connectivity index (χ1) is 17.3. The highest BCUT2D eigenvalue weighted by Crippen LogP contribution is 2.30. The van der Waals surface area contributed by atoms with Gasteiger partial charge in [0, 0.05) is 28.4 Å². The van der Waals surface area contributed by atoms with Crippen LogP contribution in [-0.4, -0.2) is 12.6 Å². The number of nitrogens with zero attached hydrogens (tertiary/aromatic N) is 1. The van der Waals surface area contributed by atoms with E-state index in [2.05, 4.69) is 133 Å². The van der Waals surface area contributed by atoms with E-state index in [0.717, 1.165) is 13.0 Å². The molecule has 2 heteroatoms. The van der Waals surface area contributed by atoms with Gasteiger partial charge in [-0.2, -0.15) is 0 Å². The van der Waals surface area contributed by atoms with Crippen LogP contribution in [0.2, 0.25) is 0 Å². The van der Waals surface area contributed by atoms with Gasteiger partial charge in [0.1, 0.15) is 0 Å². The quantitative estimate of drug-likeness (QED) is 0.320. The molecule has 7 rings (SSSR count). The summed E-state index contributed by atoms with van der Waals surface area (Å²) in [5.41, 5.74) is 5.67. The molecule has 0 saturated heterocycles. The van der Waals surface area contributed by atoms with Gasteiger partial charge in [-0.25, -0.2) is 0 Å². The van der Waals surface area contributed by atoms with Crippen molar-refractivity contribution in [1.29, 1.82) is 0 Å². The van der Waals surface area contributed by atoms with Crippen molar-refractivity contribution >= 4 is 50.6 Å². The normalized spacial score (nSPS) is 14.1. The third-order valence-corrected chi connectivity index (χ3v) is 12.9. The molecule has 0 N–H and O–H groups in total. The standard InChI is InChI=1S/C33H27NSi/c1-2-34-29-19-9-8-17-27(29)28-18-12-22-32(33(28)34)35(26-15-4-3-5-16-26)30-20-10-6-13-24(30)23-25-14-7-11-21-31(25)35/h3-22H,2,23H2,1H3. The lowest BCUT2D eigenvalue weighted by Gasteiger charge is -2.40. The van der Waals surface area contributed by atoms with Crippen LogP contribution in [0.4, 0.5) is 0 Å². The molecule has 5 aromatic carbocycles. The number of rotatable bonds is 3. The summed E-state index contributed by atoms with van der Waals surface area (Å²) >= 11 is 0. The minimum Gasteiger partial charge on any atom is -0.341 e. The topological polar surface area (TPSA) is 4.93 Å². The largest absolute Gasteiger partial charge is 0.341 e. The van der Waals surface area contributed by atoms with Crippen LogP contribution in [0.25, 0.3) is 21.8 Å². The van der Waals surface area contributed by atoms with E-state index in [0.29, 0.717) is 0 Å². The van der Waals surface area contributed by atoms with Crippen LogP contribution in [0.5, 0.6) is 0 Å². The fourth-order valence-electron chi connectivity index (χ4n) is 6.62. The van der Waals surface area contributed by atoms with E-state index in [9.17, 15) is 0 Å². The van der Waals surface area contributed by atoms with Crippen LogP contribution in [0, 0.1) is 0 Å². The highest BCUT2D eigenvalue weighted by molar-refractivity contribution is 7.21. The van der Waals surface area contributed by atoms with E-state index in [4.69, 9.17) is 0 Å². The van der Waals surface area contributed by atoms with Gasteiger partial charge in [-0.15, -0.1) is 0 Å². The van der Waals surface area contributed by atoms with E-state index in [-0.39, 0.29) is 0 Å². The SMILES string of the molecule is CCn1c2ccccc2c2cccc([Si]3(c4ccccc4)c4ccccc4Cc4ccccc43)c21. The summed E-state index contributed by atoms with van der Waals surface area (Å²) in [5.74, 6) is 0. The number of hydrogen-bond donors (Lipinski definition) is 0. The summed E-state index contributed by atoms with van der Waals surface area (Å²) in [6.07, 6.45) is 1.00. The van der Waals surface area contributed by atoms with Gasteiger partial charge in [-0.1, -0.05) is 115 Å². The summed E-state index contributed by atoms with van der Waals surface area (Å²) in [7, 11) is -2.57. The molecule has 0 fully saturated rings. The molecule has 1 aliphatic rings. The number of aromatic nitrogens is 1. The Morgan fingerprint density at radius 3 is 1.86 bits per heavy atom. The van der Waals surface area contributed by atoms with Gasteiger partial charge in [0.2, 0.25) is 0 Å². The highest BCUT2D eigenvalue weighted by Gasteiger charge is 2.47. The molecule has 0 bridgehead atoms. The molecule has 1 aliphatic heterocycles. The maximum atomic E-state index is 2.55. The van der Waals surface area contributed by atoms with Crippen molar-refractivity contribution in [2.75, 3.05) is 0 Å². The van der Waals surface area contributed by atoms with Crippen LogP contribution in [-0.2, 0) is 13.0 Å². The molecular formula is C33H27NSi. The number of aryl methyl sites for hydroxylation is 1. The van der Waals surface area contributed by atoms with Gasteiger partial charge < -0.3 is 4.57 Å². The molecule has 168 valence electrons. The Labute approximate surface area is 207 Å². The average Bonchev–Trinajstić information content (AvgIpc) is 3.26. The first-order valence-corrected chi connectivity index (χ1v) is 14.6. The Morgan fingerprint density at radius 2 is 1.14 bits per heavy atom. The molecule has 2 heterocycles. The Hall–Kier alpha value is -3.88. The van der Waals surface area contributed by atoms with E-state index in [1.54, 1.807) is 0 Å². The van der Waals surface area contributed by atoms with Crippen molar-refractivity contribution in [2.45, 2.75) is 19.9 Å². The summed E-state index contributed by atoms with van der Waals surface area (Å²) in [4.78, 5) is 0. The van der Waals surface area contributed by atoms with Crippen molar-refractivity contribution in [1.82, 2.24) is 4.57 Å². The molecule has 1 aromatic heterocycles. The second-order valence-electron chi connectivity index (χ2n) is 9.57. The third kappa shape index (κ3) is 2.75. The second kappa shape index (κ2) is 7.83. The molecule has 1 nitrogen and oxygen atoms in total. The molecular weight excluding hydrogens is 438 g/mol. The molecule has 0 amide bonds. The highest BCUT2D eigenvalue weighted by atomic mass is 28.3. The maximum Gasteiger partial charge on any atom is 0.182 e. The number of para-hydroxylation sites is 2. The first-order valence-electron chi connectivity index (χ1n) is 12.6. The Kier molecular flexibility index (Phi) is 4.58. The third-order valence-electron chi connectivity index (χ3n) is 7.94. The van der Waals surface area contributed by atoms with Crippen molar-refractivity contribution in [3.05, 3.63) is 132 Å². The molecule has 35 heavy (non-hydrogen) atoms. The summed E-state index contributed by atoms with van der Waals surface area (Å²) in [6.45, 7) is 3.23. The minimum atomic E-state index is -2.57. The number of hydrogen-bond acceptors (Lipinski definition) is 0. The lowest BCUT2D eigenvalue weighted by atomic mass is 10.0. The molecule has 0 atom stereocenters. The molecule has 0 unspecified atom stereocenters. The maximum absolute atomic E-state index is 2.57. The Balaban J connectivity index is 1.74. The zero-order valence-electron chi connectivity index (χ0n) is 19.9. The molecule has 0 spiro atoms. The van der Waals surface area contributed by atoms with Crippen LogP contribution in [0.15, 0.2) is 121 Å². The number of benzene rings is 5. The average molecular weight is 466 g/mol. The van der Waals surface area contributed by atoms with E-state index in [1.807, 2.05) is 0 Å². The monoisotopic (exact) mass is 465 g/mol. The zero-order valence-corrected chi connectivity index (χ0v) is 20.9. The van der Waals surface area contributed by atoms with Gasteiger partial charge in [-0.3, -0.25) is 0 Å². The smallest absolute Gasteiger partial charge is 0.182 e. The summed E-state index contributed by atoms with van der Waals surface area (Å²) in [5, 5.41) is 8.73. The second-order valence-corrected chi connectivity index (χ2v) is 13.3. The molecule has 0 saturated carbocycles. The molecule has 0 radical (unpaired) electrons. The van der Waals surface area contributed by atoms with Gasteiger partial charge in [0.15, 0.2) is 8.07 Å². The van der Waals surface area contributed by atoms with Gasteiger partial charge in [-0.05, 0) is 51.3 Å². The van der Waals surface area contributed by atoms with Crippen LogP contribution < -0.4 is 20.7 Å². The van der Waals surface area contributed by atoms with Gasteiger partial charge in [0.25, 0.3) is 0 Å². The van der Waals surface area contributed by atoms with E-state index in [1.165, 1.54) is 53.7 Å². The lowest BCUT2D eigenvalue weighted by molar-refractivity contribution is 0.828. The van der Waals surface area contributed by atoms with E-state index < -0.39 is 8.07 Å². The van der Waals surface area contributed by atoms with Crippen molar-refractivity contribution in [3.8, 4) is 0 Å². The van der Waals surface area contributed by atoms with Gasteiger partial charge in [0.05, 0.1) is 0 Å². The predicted octanol–water partition coefficient (Wildman–Crippen LogP) is 5.10. The molecule has 0 aliphatic carbocycles. The molecule has 6 aromatic rings. The Bertz CT molecular complexity index is 1660. The summed E-state index contributed by atoms with van der Waals surface area (Å²) < 4.78 is 2.55. The minimum absolute atomic E-state index is 0.948. The Morgan fingerprint density at radius 1 is 0.571 bits per heavy atom. The van der Waals surface area contributed by atoms with Crippen molar-refractivity contribution in [2.24, 2.45) is 0 Å². The van der Waals surface area contributed by atoms with Crippen molar-refractivity contribution in [3.63, 3.8) is 0 Å². The van der Waals surface area contributed by atoms with Crippen LogP contribution in [0.1, 0.15) is 18.1 Å². The summed E-state index contributed by atoms with van der Waals surface area (Å²) in [6, 6.07) is 45.7. The van der Waals surface area contributed by atoms with Crippen molar-refractivity contribution < 1.29 is 0 Å². The van der Waals surface area contributed by atoms with Crippen LogP contribution >= 0.6 is 0 Å². The number of fused-ring (bicyclic) bond motifs is 5.